The van der Waals surface area contributed by atoms with Crippen LogP contribution in [0.2, 0.25) is 0 Å². The van der Waals surface area contributed by atoms with Gasteiger partial charge in [-0.1, -0.05) is 25.2 Å². The molecule has 104 valence electrons. The van der Waals surface area contributed by atoms with Crippen LogP contribution in [0.1, 0.15) is 18.9 Å². The third-order valence-corrected chi connectivity index (χ3v) is 3.86. The van der Waals surface area contributed by atoms with Gasteiger partial charge in [0, 0.05) is 18.8 Å². The van der Waals surface area contributed by atoms with Crippen LogP contribution in [0.4, 0.5) is 10.1 Å². The minimum atomic E-state index is -0.362. The summed E-state index contributed by atoms with van der Waals surface area (Å²) in [4.78, 5) is 2.52. The van der Waals surface area contributed by atoms with E-state index in [4.69, 9.17) is 18.0 Å². The standard InChI is InChI=1S/C14H20FN3S/c1-2-18-7-6-10(9-18)8-17-12-5-3-4-11(15)13(12)14(16)19/h3-5,10,17H,2,6-9H2,1H3,(H2,16,19). The van der Waals surface area contributed by atoms with Crippen LogP contribution in [0.5, 0.6) is 0 Å². The molecule has 0 saturated carbocycles. The summed E-state index contributed by atoms with van der Waals surface area (Å²) in [5.41, 5.74) is 6.60. The molecule has 0 aliphatic carbocycles. The summed E-state index contributed by atoms with van der Waals surface area (Å²) < 4.78 is 13.7. The Morgan fingerprint density at radius 1 is 1.58 bits per heavy atom. The number of halogens is 1. The van der Waals surface area contributed by atoms with Crippen molar-refractivity contribution in [3.63, 3.8) is 0 Å². The average Bonchev–Trinajstić information content (AvgIpc) is 2.83. The Kier molecular flexibility index (Phi) is 4.71. The highest BCUT2D eigenvalue weighted by molar-refractivity contribution is 7.80. The molecule has 0 radical (unpaired) electrons. The lowest BCUT2D eigenvalue weighted by Gasteiger charge is -2.16. The van der Waals surface area contributed by atoms with Gasteiger partial charge in [-0.3, -0.25) is 0 Å². The molecular weight excluding hydrogens is 261 g/mol. The molecule has 0 amide bonds. The number of nitrogens with one attached hydrogen (secondary N) is 1. The van der Waals surface area contributed by atoms with Crippen molar-refractivity contribution in [3.05, 3.63) is 29.6 Å². The SMILES string of the molecule is CCN1CCC(CNc2cccc(F)c2C(N)=S)C1. The molecule has 5 heteroatoms. The summed E-state index contributed by atoms with van der Waals surface area (Å²) >= 11 is 4.91. The molecule has 1 atom stereocenters. The fourth-order valence-corrected chi connectivity index (χ4v) is 2.75. The van der Waals surface area contributed by atoms with Crippen LogP contribution in [-0.4, -0.2) is 36.1 Å². The highest BCUT2D eigenvalue weighted by atomic mass is 32.1. The lowest BCUT2D eigenvalue weighted by atomic mass is 10.1. The van der Waals surface area contributed by atoms with E-state index in [1.165, 1.54) is 12.5 Å². The molecule has 1 aromatic carbocycles. The van der Waals surface area contributed by atoms with E-state index in [0.717, 1.165) is 26.2 Å². The normalized spacial score (nSPS) is 19.6. The second-order valence-corrected chi connectivity index (χ2v) is 5.40. The maximum absolute atomic E-state index is 13.7. The second-order valence-electron chi connectivity index (χ2n) is 4.96. The predicted molar refractivity (Wildman–Crippen MR) is 81.0 cm³/mol. The predicted octanol–water partition coefficient (Wildman–Crippen LogP) is 2.21. The Bertz CT molecular complexity index is 464. The van der Waals surface area contributed by atoms with E-state index in [2.05, 4.69) is 17.1 Å². The Balaban J connectivity index is 2.00. The third kappa shape index (κ3) is 3.42. The highest BCUT2D eigenvalue weighted by Gasteiger charge is 2.21. The third-order valence-electron chi connectivity index (χ3n) is 3.66. The first-order valence-electron chi connectivity index (χ1n) is 6.66. The lowest BCUT2D eigenvalue weighted by molar-refractivity contribution is 0.345. The van der Waals surface area contributed by atoms with Gasteiger partial charge in [0.2, 0.25) is 0 Å². The van der Waals surface area contributed by atoms with Gasteiger partial charge in [0.25, 0.3) is 0 Å². The van der Waals surface area contributed by atoms with Crippen LogP contribution >= 0.6 is 12.2 Å². The van der Waals surface area contributed by atoms with E-state index < -0.39 is 0 Å². The van der Waals surface area contributed by atoms with Gasteiger partial charge in [0.1, 0.15) is 10.8 Å². The minimum Gasteiger partial charge on any atom is -0.389 e. The van der Waals surface area contributed by atoms with Crippen molar-refractivity contribution in [3.8, 4) is 0 Å². The Labute approximate surface area is 119 Å². The number of nitrogens with zero attached hydrogens (tertiary/aromatic N) is 1. The Morgan fingerprint density at radius 3 is 3.00 bits per heavy atom. The van der Waals surface area contributed by atoms with Crippen molar-refractivity contribution in [2.45, 2.75) is 13.3 Å². The molecule has 1 aliphatic rings. The van der Waals surface area contributed by atoms with Crippen LogP contribution in [-0.2, 0) is 0 Å². The smallest absolute Gasteiger partial charge is 0.135 e. The highest BCUT2D eigenvalue weighted by Crippen LogP contribution is 2.21. The lowest BCUT2D eigenvalue weighted by Crippen LogP contribution is -2.23. The maximum atomic E-state index is 13.7. The van der Waals surface area contributed by atoms with Crippen LogP contribution in [0, 0.1) is 11.7 Å². The molecule has 2 rings (SSSR count). The van der Waals surface area contributed by atoms with E-state index in [-0.39, 0.29) is 10.8 Å². The number of thiocarbonyl (C=S) groups is 1. The van der Waals surface area contributed by atoms with Crippen LogP contribution in [0.15, 0.2) is 18.2 Å². The monoisotopic (exact) mass is 281 g/mol. The molecule has 0 bridgehead atoms. The summed E-state index contributed by atoms with van der Waals surface area (Å²) in [6.45, 7) is 6.34. The van der Waals surface area contributed by atoms with Crippen molar-refractivity contribution in [1.82, 2.24) is 4.90 Å². The zero-order valence-electron chi connectivity index (χ0n) is 11.2. The van der Waals surface area contributed by atoms with Crippen LogP contribution in [0.3, 0.4) is 0 Å². The van der Waals surface area contributed by atoms with E-state index in [9.17, 15) is 4.39 Å². The molecule has 1 heterocycles. The number of anilines is 1. The summed E-state index contributed by atoms with van der Waals surface area (Å²) in [5.74, 6) is 0.238. The number of hydrogen-bond donors (Lipinski definition) is 2. The summed E-state index contributed by atoms with van der Waals surface area (Å²) in [6, 6.07) is 4.88. The van der Waals surface area contributed by atoms with Crippen molar-refractivity contribution in [1.29, 1.82) is 0 Å². The summed E-state index contributed by atoms with van der Waals surface area (Å²) in [7, 11) is 0. The summed E-state index contributed by atoms with van der Waals surface area (Å²) in [5, 5.41) is 3.29. The molecule has 3 nitrogen and oxygen atoms in total. The first-order chi connectivity index (χ1) is 9.11. The maximum Gasteiger partial charge on any atom is 0.135 e. The van der Waals surface area contributed by atoms with Crippen molar-refractivity contribution in [2.75, 3.05) is 31.5 Å². The van der Waals surface area contributed by atoms with Gasteiger partial charge in [-0.25, -0.2) is 4.39 Å². The van der Waals surface area contributed by atoms with Crippen LogP contribution in [0.25, 0.3) is 0 Å². The minimum absolute atomic E-state index is 0.0993. The van der Waals surface area contributed by atoms with Crippen molar-refractivity contribution in [2.24, 2.45) is 11.7 Å². The largest absolute Gasteiger partial charge is 0.389 e. The van der Waals surface area contributed by atoms with Gasteiger partial charge in [-0.15, -0.1) is 0 Å². The average molecular weight is 281 g/mol. The topological polar surface area (TPSA) is 41.3 Å². The van der Waals surface area contributed by atoms with Gasteiger partial charge in [-0.05, 0) is 37.6 Å². The molecule has 1 aliphatic heterocycles. The van der Waals surface area contributed by atoms with E-state index in [1.54, 1.807) is 6.07 Å². The molecule has 3 N–H and O–H groups in total. The van der Waals surface area contributed by atoms with Crippen molar-refractivity contribution >= 4 is 22.9 Å². The second kappa shape index (κ2) is 6.30. The van der Waals surface area contributed by atoms with Gasteiger partial charge >= 0.3 is 0 Å². The molecule has 0 spiro atoms. The van der Waals surface area contributed by atoms with Gasteiger partial charge in [-0.2, -0.15) is 0 Å². The molecule has 1 saturated heterocycles. The van der Waals surface area contributed by atoms with Gasteiger partial charge < -0.3 is 16.0 Å². The number of likely N-dealkylation sites (tertiary alicyclic amines) is 1. The molecule has 1 fully saturated rings. The fraction of sp³-hybridized carbons (Fsp3) is 0.500. The van der Waals surface area contributed by atoms with Gasteiger partial charge in [0.05, 0.1) is 5.56 Å². The number of benzene rings is 1. The molecule has 1 unspecified atom stereocenters. The quantitative estimate of drug-likeness (QED) is 0.812. The summed E-state index contributed by atoms with van der Waals surface area (Å²) in [6.07, 6.45) is 1.18. The number of rotatable bonds is 5. The van der Waals surface area contributed by atoms with E-state index in [0.29, 0.717) is 17.2 Å². The van der Waals surface area contributed by atoms with Crippen molar-refractivity contribution < 1.29 is 4.39 Å². The molecule has 1 aromatic rings. The molecule has 19 heavy (non-hydrogen) atoms. The first kappa shape index (κ1) is 14.2. The number of nitrogens with two attached hydrogens (primary N) is 1. The number of hydrogen-bond acceptors (Lipinski definition) is 3. The Hall–Kier alpha value is -1.20. The zero-order valence-corrected chi connectivity index (χ0v) is 12.0. The van der Waals surface area contributed by atoms with E-state index >= 15 is 0 Å². The molecule has 0 aromatic heterocycles. The van der Waals surface area contributed by atoms with Gasteiger partial charge in [0.15, 0.2) is 0 Å². The fourth-order valence-electron chi connectivity index (χ4n) is 2.54. The van der Waals surface area contributed by atoms with Crippen LogP contribution < -0.4 is 11.1 Å². The van der Waals surface area contributed by atoms with E-state index in [1.807, 2.05) is 6.07 Å². The first-order valence-corrected chi connectivity index (χ1v) is 7.07. The Morgan fingerprint density at radius 2 is 2.37 bits per heavy atom. The zero-order chi connectivity index (χ0) is 13.8. The molecular formula is C14H20FN3S.